The normalized spacial score (nSPS) is 10.3. The third-order valence-electron chi connectivity index (χ3n) is 2.50. The smallest absolute Gasteiger partial charge is 0.288 e. The van der Waals surface area contributed by atoms with Gasteiger partial charge in [0, 0.05) is 6.07 Å². The minimum absolute atomic E-state index is 0.0710. The molecule has 4 nitrogen and oxygen atoms in total. The number of nitrogens with zero attached hydrogens (tertiary/aromatic N) is 1. The summed E-state index contributed by atoms with van der Waals surface area (Å²) in [5.74, 6) is 0.0651. The van der Waals surface area contributed by atoms with Gasteiger partial charge in [-0.15, -0.1) is 0 Å². The molecule has 0 amide bonds. The van der Waals surface area contributed by atoms with Gasteiger partial charge in [0.2, 0.25) is 0 Å². The first-order chi connectivity index (χ1) is 9.47. The second kappa shape index (κ2) is 6.19. The Morgan fingerprint density at radius 2 is 2.05 bits per heavy atom. The van der Waals surface area contributed by atoms with Crippen molar-refractivity contribution in [1.82, 2.24) is 0 Å². The molecule has 104 valence electrons. The average Bonchev–Trinajstić information content (AvgIpc) is 2.39. The second-order valence-corrected chi connectivity index (χ2v) is 5.17. The fourth-order valence-corrected chi connectivity index (χ4v) is 2.19. The maximum atomic E-state index is 12.9. The highest BCUT2D eigenvalue weighted by molar-refractivity contribution is 9.10. The molecule has 0 atom stereocenters. The van der Waals surface area contributed by atoms with E-state index < -0.39 is 4.92 Å². The van der Waals surface area contributed by atoms with Gasteiger partial charge < -0.3 is 4.74 Å². The minimum Gasteiger partial charge on any atom is -0.488 e. The molecule has 0 unspecified atom stereocenters. The van der Waals surface area contributed by atoms with Gasteiger partial charge in [-0.3, -0.25) is 10.1 Å². The summed E-state index contributed by atoms with van der Waals surface area (Å²) in [6, 6.07) is 8.44. The van der Waals surface area contributed by atoms with Gasteiger partial charge in [0.15, 0.2) is 0 Å². The Bertz CT molecular complexity index is 666. The van der Waals surface area contributed by atoms with Crippen molar-refractivity contribution in [3.63, 3.8) is 0 Å². The summed E-state index contributed by atoms with van der Waals surface area (Å²) in [5, 5.41) is 10.8. The zero-order valence-electron chi connectivity index (χ0n) is 9.98. The molecular weight excluding hydrogens is 353 g/mol. The molecule has 0 aliphatic heterocycles. The van der Waals surface area contributed by atoms with E-state index >= 15 is 0 Å². The first-order valence-electron chi connectivity index (χ1n) is 5.48. The maximum Gasteiger partial charge on any atom is 0.288 e. The highest BCUT2D eigenvalue weighted by Crippen LogP contribution is 2.28. The number of hydrogen-bond acceptors (Lipinski definition) is 3. The summed E-state index contributed by atoms with van der Waals surface area (Å²) in [5.41, 5.74) is 0.420. The molecule has 0 N–H and O–H groups in total. The summed E-state index contributed by atoms with van der Waals surface area (Å²) in [6.07, 6.45) is 0. The minimum atomic E-state index is -0.556. The molecule has 0 aliphatic carbocycles. The van der Waals surface area contributed by atoms with Crippen LogP contribution in [0.5, 0.6) is 5.75 Å². The van der Waals surface area contributed by atoms with Crippen LogP contribution in [-0.2, 0) is 6.61 Å². The van der Waals surface area contributed by atoms with Gasteiger partial charge in [0.25, 0.3) is 5.69 Å². The van der Waals surface area contributed by atoms with Gasteiger partial charge in [0.05, 0.1) is 9.40 Å². The molecule has 0 heterocycles. The number of hydrogen-bond donors (Lipinski definition) is 0. The van der Waals surface area contributed by atoms with Gasteiger partial charge in [-0.1, -0.05) is 17.7 Å². The standard InChI is InChI=1S/C13H8BrClFNO3/c14-10-6-9(16)2-4-13(10)20-7-8-1-3-11(15)12(5-8)17(18)19/h1-6H,7H2. The van der Waals surface area contributed by atoms with E-state index in [2.05, 4.69) is 15.9 Å². The molecule has 0 bridgehead atoms. The van der Waals surface area contributed by atoms with Crippen LogP contribution < -0.4 is 4.74 Å². The second-order valence-electron chi connectivity index (χ2n) is 3.91. The number of halogens is 3. The molecule has 0 saturated carbocycles. The first-order valence-corrected chi connectivity index (χ1v) is 6.65. The zero-order chi connectivity index (χ0) is 14.7. The maximum absolute atomic E-state index is 12.9. The third kappa shape index (κ3) is 3.46. The van der Waals surface area contributed by atoms with Gasteiger partial charge >= 0.3 is 0 Å². The third-order valence-corrected chi connectivity index (χ3v) is 3.43. The van der Waals surface area contributed by atoms with Crippen molar-refractivity contribution >= 4 is 33.2 Å². The summed E-state index contributed by atoms with van der Waals surface area (Å²) < 4.78 is 18.9. The van der Waals surface area contributed by atoms with E-state index in [4.69, 9.17) is 16.3 Å². The van der Waals surface area contributed by atoms with Crippen molar-refractivity contribution in [2.24, 2.45) is 0 Å². The Hall–Kier alpha value is -1.66. The molecule has 0 aromatic heterocycles. The highest BCUT2D eigenvalue weighted by atomic mass is 79.9. The topological polar surface area (TPSA) is 52.4 Å². The van der Waals surface area contributed by atoms with Crippen molar-refractivity contribution in [3.05, 3.63) is 67.4 Å². The van der Waals surface area contributed by atoms with E-state index in [0.29, 0.717) is 15.8 Å². The quantitative estimate of drug-likeness (QED) is 0.585. The molecule has 0 spiro atoms. The predicted octanol–water partition coefficient (Wildman–Crippen LogP) is 4.73. The molecule has 2 rings (SSSR count). The highest BCUT2D eigenvalue weighted by Gasteiger charge is 2.13. The van der Waals surface area contributed by atoms with Gasteiger partial charge in [0.1, 0.15) is 23.2 Å². The average molecular weight is 361 g/mol. The number of benzene rings is 2. The summed E-state index contributed by atoms with van der Waals surface area (Å²) in [4.78, 5) is 10.2. The summed E-state index contributed by atoms with van der Waals surface area (Å²) >= 11 is 8.89. The zero-order valence-corrected chi connectivity index (χ0v) is 12.3. The van der Waals surface area contributed by atoms with Crippen LogP contribution in [0.1, 0.15) is 5.56 Å². The lowest BCUT2D eigenvalue weighted by Crippen LogP contribution is -1.98. The lowest BCUT2D eigenvalue weighted by atomic mass is 10.2. The SMILES string of the molecule is O=[N+]([O-])c1cc(COc2ccc(F)cc2Br)ccc1Cl. The van der Waals surface area contributed by atoms with E-state index in [1.165, 1.54) is 30.3 Å². The number of ether oxygens (including phenoxy) is 1. The van der Waals surface area contributed by atoms with Crippen LogP contribution in [0.3, 0.4) is 0 Å². The number of rotatable bonds is 4. The van der Waals surface area contributed by atoms with Gasteiger partial charge in [-0.2, -0.15) is 0 Å². The molecule has 0 fully saturated rings. The van der Waals surface area contributed by atoms with Crippen LogP contribution in [0.2, 0.25) is 5.02 Å². The molecule has 7 heteroatoms. The Morgan fingerprint density at radius 3 is 2.70 bits per heavy atom. The molecule has 2 aromatic rings. The number of nitro groups is 1. The van der Waals surface area contributed by atoms with Crippen molar-refractivity contribution in [3.8, 4) is 5.75 Å². The van der Waals surface area contributed by atoms with Gasteiger partial charge in [-0.05, 0) is 45.8 Å². The van der Waals surface area contributed by atoms with E-state index in [1.807, 2.05) is 0 Å². The predicted molar refractivity (Wildman–Crippen MR) is 76.5 cm³/mol. The van der Waals surface area contributed by atoms with Crippen LogP contribution >= 0.6 is 27.5 Å². The Morgan fingerprint density at radius 1 is 1.30 bits per heavy atom. The van der Waals surface area contributed by atoms with E-state index in [1.54, 1.807) is 6.07 Å². The Labute approximate surface area is 127 Å². The fourth-order valence-electron chi connectivity index (χ4n) is 1.54. The molecule has 20 heavy (non-hydrogen) atoms. The van der Waals surface area contributed by atoms with Crippen LogP contribution in [0.4, 0.5) is 10.1 Å². The molecular formula is C13H8BrClFNO3. The Kier molecular flexibility index (Phi) is 4.57. The van der Waals surface area contributed by atoms with Crippen LogP contribution in [-0.4, -0.2) is 4.92 Å². The number of nitro benzene ring substituents is 1. The van der Waals surface area contributed by atoms with Crippen molar-refractivity contribution < 1.29 is 14.1 Å². The van der Waals surface area contributed by atoms with Crippen LogP contribution in [0, 0.1) is 15.9 Å². The fraction of sp³-hybridized carbons (Fsp3) is 0.0769. The summed E-state index contributed by atoms with van der Waals surface area (Å²) in [7, 11) is 0. The monoisotopic (exact) mass is 359 g/mol. The molecule has 0 aliphatic rings. The van der Waals surface area contributed by atoms with Crippen molar-refractivity contribution in [2.75, 3.05) is 0 Å². The molecule has 0 radical (unpaired) electrons. The van der Waals surface area contributed by atoms with E-state index in [-0.39, 0.29) is 23.1 Å². The van der Waals surface area contributed by atoms with E-state index in [0.717, 1.165) is 0 Å². The Balaban J connectivity index is 2.15. The summed E-state index contributed by atoms with van der Waals surface area (Å²) in [6.45, 7) is 0.113. The lowest BCUT2D eigenvalue weighted by Gasteiger charge is -2.08. The van der Waals surface area contributed by atoms with Gasteiger partial charge in [-0.25, -0.2) is 4.39 Å². The lowest BCUT2D eigenvalue weighted by molar-refractivity contribution is -0.384. The molecule has 0 saturated heterocycles. The van der Waals surface area contributed by atoms with Crippen LogP contribution in [0.25, 0.3) is 0 Å². The van der Waals surface area contributed by atoms with Crippen molar-refractivity contribution in [1.29, 1.82) is 0 Å². The first kappa shape index (κ1) is 14.7. The van der Waals surface area contributed by atoms with Crippen LogP contribution in [0.15, 0.2) is 40.9 Å². The van der Waals surface area contributed by atoms with E-state index in [9.17, 15) is 14.5 Å². The largest absolute Gasteiger partial charge is 0.488 e. The molecule has 2 aromatic carbocycles. The van der Waals surface area contributed by atoms with Crippen molar-refractivity contribution in [2.45, 2.75) is 6.61 Å².